The molecule has 0 saturated heterocycles. The predicted octanol–water partition coefficient (Wildman–Crippen LogP) is 34.4. The Balaban J connectivity index is 1.98. The summed E-state index contributed by atoms with van der Waals surface area (Å²) >= 11 is 0. The van der Waals surface area contributed by atoms with Gasteiger partial charge in [0.1, 0.15) is 42.6 Å². The summed E-state index contributed by atoms with van der Waals surface area (Å²) in [7, 11) is -3.15. The lowest BCUT2D eigenvalue weighted by molar-refractivity contribution is 0.0525. The first-order valence-corrected chi connectivity index (χ1v) is 59.0. The van der Waals surface area contributed by atoms with Crippen LogP contribution in [0.15, 0.2) is 60.7 Å². The fourth-order valence-electron chi connectivity index (χ4n) is 15.5. The van der Waals surface area contributed by atoms with E-state index >= 15 is 0 Å². The van der Waals surface area contributed by atoms with Gasteiger partial charge < -0.3 is 33.2 Å². The third-order valence-electron chi connectivity index (χ3n) is 23.6. The fraction of sp³-hybridized carbons (Fsp3) is 0.708. The number of rotatable bonds is 76. The van der Waals surface area contributed by atoms with E-state index in [1.807, 2.05) is 24.3 Å². The summed E-state index contributed by atoms with van der Waals surface area (Å²) in [5.74, 6) is 29.5. The van der Waals surface area contributed by atoms with Crippen LogP contribution in [0.5, 0.6) is 34.5 Å². The number of carbonyl (C=O) groups is 1. The van der Waals surface area contributed by atoms with Gasteiger partial charge in [-0.15, -0.1) is 5.54 Å². The Labute approximate surface area is 760 Å². The third kappa shape index (κ3) is 57.3. The number of ether oxygens (including phenoxy) is 7. The highest BCUT2D eigenvalue weighted by atomic mass is 28.3. The van der Waals surface area contributed by atoms with E-state index < -0.39 is 16.1 Å². The van der Waals surface area contributed by atoms with Crippen LogP contribution in [0.2, 0.25) is 45.3 Å². The van der Waals surface area contributed by atoms with Gasteiger partial charge in [0.2, 0.25) is 0 Å². The number of hydrogen-bond donors (Lipinski definition) is 0. The molecule has 0 radical (unpaired) electrons. The van der Waals surface area contributed by atoms with Crippen LogP contribution in [-0.2, 0) is 4.74 Å². The Hall–Kier alpha value is -6.18. The van der Waals surface area contributed by atoms with Gasteiger partial charge in [-0.25, -0.2) is 4.79 Å². The molecule has 0 unspecified atom stereocenters. The molecule has 0 N–H and O–H groups in total. The van der Waals surface area contributed by atoms with E-state index in [-0.39, 0.29) is 5.97 Å². The van der Waals surface area contributed by atoms with Gasteiger partial charge in [-0.05, 0) is 68.8 Å². The van der Waals surface area contributed by atoms with Gasteiger partial charge in [-0.3, -0.25) is 0 Å². The van der Waals surface area contributed by atoms with Crippen LogP contribution in [0, 0.1) is 47.0 Å². The van der Waals surface area contributed by atoms with Crippen molar-refractivity contribution in [3.8, 4) is 81.5 Å². The fourth-order valence-corrected chi connectivity index (χ4v) is 16.7. The van der Waals surface area contributed by atoms with Crippen molar-refractivity contribution in [2.24, 2.45) is 0 Å². The molecule has 4 aromatic carbocycles. The van der Waals surface area contributed by atoms with Gasteiger partial charge in [0.15, 0.2) is 0 Å². The zero-order valence-electron chi connectivity index (χ0n) is 81.6. The average molecular weight is 1720 g/mol. The first-order valence-electron chi connectivity index (χ1n) is 51.8. The van der Waals surface area contributed by atoms with Crippen molar-refractivity contribution in [1.82, 2.24) is 0 Å². The summed E-state index contributed by atoms with van der Waals surface area (Å²) in [6.45, 7) is 31.5. The maximum atomic E-state index is 13.2. The Morgan fingerprint density at radius 3 is 0.618 bits per heavy atom. The van der Waals surface area contributed by atoms with E-state index in [1.165, 1.54) is 308 Å². The molecular weight excluding hydrogens is 1540 g/mol. The second-order valence-corrected chi connectivity index (χ2v) is 48.4. The highest BCUT2D eigenvalue weighted by Crippen LogP contribution is 2.35. The Bertz CT molecular complexity index is 3570. The number of unbranched alkanes of at least 4 members (excludes halogenated alkanes) is 54. The van der Waals surface area contributed by atoms with E-state index in [9.17, 15) is 4.79 Å². The summed E-state index contributed by atoms with van der Waals surface area (Å²) in [5.41, 5.74) is 9.61. The van der Waals surface area contributed by atoms with E-state index in [1.54, 1.807) is 0 Å². The van der Waals surface area contributed by atoms with E-state index in [0.29, 0.717) is 74.8 Å². The Morgan fingerprint density at radius 2 is 0.423 bits per heavy atom. The minimum absolute atomic E-state index is 0.300. The smallest absolute Gasteiger partial charge is 0.338 e. The number of benzene rings is 4. The molecule has 0 atom stereocenters. The van der Waals surface area contributed by atoms with Crippen molar-refractivity contribution >= 4 is 22.1 Å². The van der Waals surface area contributed by atoms with E-state index in [4.69, 9.17) is 33.2 Å². The summed E-state index contributed by atoms with van der Waals surface area (Å²) in [4.78, 5) is 13.2. The molecule has 0 aromatic heterocycles. The van der Waals surface area contributed by atoms with Gasteiger partial charge in [0, 0.05) is 50.0 Å². The van der Waals surface area contributed by atoms with Crippen molar-refractivity contribution in [3.63, 3.8) is 0 Å². The standard InChI is InChI=1S/C113H182O8Si2/c1-13-19-25-31-37-43-49-55-61-67-84-115-107-94-102(108(116-85-68-62-56-50-44-38-32-26-20-14-2)93-101(107)78-75-99-73-76-100(77-74-99)113(114)121-90-92-123(10,11)12)79-80-103-95-110(118-87-70-64-58-52-46-40-34-28-22-16-4)104(96-109(103)117-86-69-63-57-51-45-39-33-27-21-15-3)81-82-105-97-112(120-89-72-66-60-54-48-42-36-30-24-18-6)106(83-91-122(7,8)9)98-111(105)119-88-71-65-59-53-47-41-35-29-23-17-5/h73-74,76-77,93-98H,13-72,84-90,92H2,1-12H3. The lowest BCUT2D eigenvalue weighted by Gasteiger charge is -2.15. The molecule has 123 heavy (non-hydrogen) atoms. The zero-order valence-corrected chi connectivity index (χ0v) is 83.6. The monoisotopic (exact) mass is 1720 g/mol. The lowest BCUT2D eigenvalue weighted by Crippen LogP contribution is -2.22. The number of esters is 1. The molecule has 0 bridgehead atoms. The first kappa shape index (κ1) is 109. The van der Waals surface area contributed by atoms with Crippen LogP contribution in [-0.4, -0.2) is 68.4 Å². The first-order chi connectivity index (χ1) is 60.1. The summed E-state index contributed by atoms with van der Waals surface area (Å²) in [6, 6.07) is 21.0. The Kier molecular flexibility index (Phi) is 65.5. The summed E-state index contributed by atoms with van der Waals surface area (Å²) in [6.07, 6.45) is 74.7. The molecule has 4 rings (SSSR count). The molecule has 0 aliphatic rings. The molecule has 8 nitrogen and oxygen atoms in total. The molecule has 4 aromatic rings. The maximum absolute atomic E-state index is 13.2. The average Bonchev–Trinajstić information content (AvgIpc) is 0.810. The van der Waals surface area contributed by atoms with Gasteiger partial charge in [-0.2, -0.15) is 0 Å². The molecule has 0 aliphatic heterocycles. The van der Waals surface area contributed by atoms with Crippen LogP contribution in [0.25, 0.3) is 0 Å². The van der Waals surface area contributed by atoms with Gasteiger partial charge in [0.05, 0.1) is 85.2 Å². The highest BCUT2D eigenvalue weighted by molar-refractivity contribution is 6.83. The second-order valence-electron chi connectivity index (χ2n) is 38.0. The normalized spacial score (nSPS) is 11.3. The third-order valence-corrected chi connectivity index (χ3v) is 26.1. The zero-order chi connectivity index (χ0) is 88.4. The topological polar surface area (TPSA) is 81.7 Å². The SMILES string of the molecule is CCCCCCCCCCCCOc1cc(C#Cc2cc(OCCCCCCCCCCCC)c(C#Cc3cc(OCCCCCCCCCCCC)c(C#C[Si](C)(C)C)cc3OCCCCCCCCCCCC)cc2OCCCCCCCCCCCC)c(OCCCCCCCCCCCC)cc1C#Cc1ccc(C(=O)OCC[Si](C)(C)C)cc1. The van der Waals surface area contributed by atoms with Crippen molar-refractivity contribution in [2.45, 2.75) is 472 Å². The molecule has 0 spiro atoms. The van der Waals surface area contributed by atoms with Crippen LogP contribution in [0.1, 0.15) is 476 Å². The minimum Gasteiger partial charge on any atom is -0.492 e. The van der Waals surface area contributed by atoms with Gasteiger partial charge >= 0.3 is 5.97 Å². The van der Waals surface area contributed by atoms with Crippen molar-refractivity contribution in [2.75, 3.05) is 46.2 Å². The van der Waals surface area contributed by atoms with Crippen LogP contribution < -0.4 is 28.4 Å². The number of hydrogen-bond acceptors (Lipinski definition) is 8. The summed E-state index contributed by atoms with van der Waals surface area (Å²) < 4.78 is 47.6. The van der Waals surface area contributed by atoms with Crippen LogP contribution >= 0.6 is 0 Å². The van der Waals surface area contributed by atoms with Gasteiger partial charge in [-0.1, -0.05) is 469 Å². The predicted molar refractivity (Wildman–Crippen MR) is 536 cm³/mol. The van der Waals surface area contributed by atoms with E-state index in [2.05, 4.69) is 164 Å². The molecule has 10 heteroatoms. The number of carbonyl (C=O) groups excluding carboxylic acids is 1. The highest BCUT2D eigenvalue weighted by Gasteiger charge is 2.19. The maximum Gasteiger partial charge on any atom is 0.338 e. The molecule has 0 saturated carbocycles. The van der Waals surface area contributed by atoms with Gasteiger partial charge in [0.25, 0.3) is 0 Å². The van der Waals surface area contributed by atoms with Crippen molar-refractivity contribution in [3.05, 3.63) is 105 Å². The Morgan fingerprint density at radius 1 is 0.236 bits per heavy atom. The van der Waals surface area contributed by atoms with E-state index in [0.717, 1.165) is 134 Å². The largest absolute Gasteiger partial charge is 0.492 e. The van der Waals surface area contributed by atoms with Crippen LogP contribution in [0.3, 0.4) is 0 Å². The molecular formula is C113H182O8Si2. The second kappa shape index (κ2) is 73.8. The molecule has 0 aliphatic carbocycles. The molecule has 690 valence electrons. The lowest BCUT2D eigenvalue weighted by atomic mass is 10.0. The quantitative estimate of drug-likeness (QED) is 0.0187. The molecule has 0 amide bonds. The minimum atomic E-state index is -1.78. The van der Waals surface area contributed by atoms with Crippen molar-refractivity contribution < 1.29 is 38.0 Å². The summed E-state index contributed by atoms with van der Waals surface area (Å²) in [5, 5.41) is 0. The van der Waals surface area contributed by atoms with Crippen LogP contribution in [0.4, 0.5) is 0 Å². The molecule has 0 heterocycles. The van der Waals surface area contributed by atoms with Crippen molar-refractivity contribution in [1.29, 1.82) is 0 Å². The molecule has 0 fully saturated rings.